The molecular weight excluding hydrogens is 360 g/mol. The van der Waals surface area contributed by atoms with E-state index in [1.807, 2.05) is 18.9 Å². The molecule has 1 aromatic carbocycles. The smallest absolute Gasteiger partial charge is 0.288 e. The second-order valence-electron chi connectivity index (χ2n) is 6.64. The van der Waals surface area contributed by atoms with Crippen molar-refractivity contribution < 1.29 is 14.5 Å². The fourth-order valence-corrected chi connectivity index (χ4v) is 2.97. The van der Waals surface area contributed by atoms with E-state index >= 15 is 0 Å². The number of amides is 2. The van der Waals surface area contributed by atoms with Gasteiger partial charge in [-0.15, -0.1) is 0 Å². The molecule has 2 amide bonds. The average molecular weight is 383 g/mol. The molecule has 1 heterocycles. The van der Waals surface area contributed by atoms with Gasteiger partial charge in [0, 0.05) is 24.7 Å². The lowest BCUT2D eigenvalue weighted by Crippen LogP contribution is -2.55. The van der Waals surface area contributed by atoms with E-state index < -0.39 is 16.9 Å². The molecule has 8 nitrogen and oxygen atoms in total. The third kappa shape index (κ3) is 5.15. The maximum atomic E-state index is 12.6. The molecule has 0 unspecified atom stereocenters. The summed E-state index contributed by atoms with van der Waals surface area (Å²) < 4.78 is 0. The molecule has 2 N–H and O–H groups in total. The quantitative estimate of drug-likeness (QED) is 0.581. The number of hydrogen-bond donors (Lipinski definition) is 2. The first-order valence-electron chi connectivity index (χ1n) is 8.60. The summed E-state index contributed by atoms with van der Waals surface area (Å²) >= 11 is 5.77. The van der Waals surface area contributed by atoms with Crippen LogP contribution in [0.4, 0.5) is 5.69 Å². The zero-order chi connectivity index (χ0) is 19.3. The Hall–Kier alpha value is -2.19. The zero-order valence-corrected chi connectivity index (χ0v) is 15.6. The van der Waals surface area contributed by atoms with Crippen molar-refractivity contribution in [2.45, 2.75) is 39.2 Å². The van der Waals surface area contributed by atoms with E-state index in [1.54, 1.807) is 0 Å². The fraction of sp³-hybridized carbons (Fsp3) is 0.529. The van der Waals surface area contributed by atoms with Crippen LogP contribution in [0, 0.1) is 16.0 Å². The minimum atomic E-state index is -0.751. The Balaban J connectivity index is 2.08. The average Bonchev–Trinajstić information content (AvgIpc) is 2.60. The molecule has 0 spiro atoms. The Kier molecular flexibility index (Phi) is 6.93. The van der Waals surface area contributed by atoms with Gasteiger partial charge in [0.2, 0.25) is 0 Å². The number of nitro benzene ring substituents is 1. The summed E-state index contributed by atoms with van der Waals surface area (Å²) in [5.41, 5.74) is 2.58. The summed E-state index contributed by atoms with van der Waals surface area (Å²) in [5, 5.41) is 15.5. The number of halogens is 1. The minimum absolute atomic E-state index is 0.0465. The summed E-state index contributed by atoms with van der Waals surface area (Å²) in [6.07, 6.45) is 3.19. The molecule has 0 bridgehead atoms. The van der Waals surface area contributed by atoms with Gasteiger partial charge in [0.1, 0.15) is 11.1 Å². The monoisotopic (exact) mass is 382 g/mol. The van der Waals surface area contributed by atoms with Crippen molar-refractivity contribution in [3.05, 3.63) is 38.9 Å². The first-order valence-corrected chi connectivity index (χ1v) is 8.97. The number of nitro groups is 1. The Labute approximate surface area is 157 Å². The van der Waals surface area contributed by atoms with Crippen LogP contribution in [0.25, 0.3) is 0 Å². The Bertz CT molecular complexity index is 689. The number of benzene rings is 1. The van der Waals surface area contributed by atoms with Crippen molar-refractivity contribution in [3.8, 4) is 0 Å². The van der Waals surface area contributed by atoms with Crippen LogP contribution >= 0.6 is 11.6 Å². The van der Waals surface area contributed by atoms with E-state index in [-0.39, 0.29) is 28.1 Å². The van der Waals surface area contributed by atoms with Crippen molar-refractivity contribution in [3.63, 3.8) is 0 Å². The van der Waals surface area contributed by atoms with Crippen molar-refractivity contribution >= 4 is 29.1 Å². The maximum absolute atomic E-state index is 12.6. The van der Waals surface area contributed by atoms with E-state index in [0.717, 1.165) is 38.4 Å². The summed E-state index contributed by atoms with van der Waals surface area (Å²) in [6.45, 7) is 5.22. The summed E-state index contributed by atoms with van der Waals surface area (Å²) in [4.78, 5) is 35.3. The Morgan fingerprint density at radius 1 is 1.23 bits per heavy atom. The van der Waals surface area contributed by atoms with Crippen LogP contribution in [0.1, 0.15) is 43.5 Å². The number of rotatable bonds is 6. The van der Waals surface area contributed by atoms with Gasteiger partial charge in [-0.3, -0.25) is 25.1 Å². The minimum Gasteiger partial charge on any atom is -0.340 e. The van der Waals surface area contributed by atoms with Crippen molar-refractivity contribution in [1.29, 1.82) is 0 Å². The third-order valence-corrected chi connectivity index (χ3v) is 4.58. The first-order chi connectivity index (χ1) is 12.3. The molecule has 1 saturated heterocycles. The molecule has 1 atom stereocenters. The van der Waals surface area contributed by atoms with Crippen LogP contribution in [0.15, 0.2) is 18.2 Å². The molecule has 26 heavy (non-hydrogen) atoms. The molecule has 142 valence electrons. The molecule has 0 saturated carbocycles. The highest BCUT2D eigenvalue weighted by Gasteiger charge is 2.27. The molecular formula is C17H23ClN4O4. The number of hydrogen-bond acceptors (Lipinski definition) is 5. The van der Waals surface area contributed by atoms with Gasteiger partial charge in [-0.2, -0.15) is 0 Å². The lowest BCUT2D eigenvalue weighted by atomic mass is 10.0. The number of piperidine rings is 1. The van der Waals surface area contributed by atoms with Crippen LogP contribution in [-0.4, -0.2) is 40.9 Å². The summed E-state index contributed by atoms with van der Waals surface area (Å²) in [6, 6.07) is 3.05. The van der Waals surface area contributed by atoms with Gasteiger partial charge < -0.3 is 5.32 Å². The largest absolute Gasteiger partial charge is 0.340 e. The second-order valence-corrected chi connectivity index (χ2v) is 7.05. The Morgan fingerprint density at radius 3 is 2.46 bits per heavy atom. The molecule has 2 rings (SSSR count). The van der Waals surface area contributed by atoms with Crippen molar-refractivity contribution in [2.75, 3.05) is 13.1 Å². The molecule has 1 aliphatic heterocycles. The van der Waals surface area contributed by atoms with Crippen molar-refractivity contribution in [1.82, 2.24) is 15.8 Å². The predicted molar refractivity (Wildman–Crippen MR) is 97.8 cm³/mol. The number of carbonyl (C=O) groups excluding carboxylic acids is 2. The molecule has 0 aromatic heterocycles. The third-order valence-electron chi connectivity index (χ3n) is 4.27. The number of nitrogens with zero attached hydrogens (tertiary/aromatic N) is 2. The van der Waals surface area contributed by atoms with E-state index in [9.17, 15) is 19.7 Å². The van der Waals surface area contributed by atoms with Crippen LogP contribution in [0.3, 0.4) is 0 Å². The summed E-state index contributed by atoms with van der Waals surface area (Å²) in [5.74, 6) is -0.998. The highest BCUT2D eigenvalue weighted by molar-refractivity contribution is 6.32. The number of carbonyl (C=O) groups is 2. The predicted octanol–water partition coefficient (Wildman–Crippen LogP) is 2.52. The second kappa shape index (κ2) is 8.95. The molecule has 9 heteroatoms. The van der Waals surface area contributed by atoms with Gasteiger partial charge in [-0.1, -0.05) is 31.9 Å². The zero-order valence-electron chi connectivity index (χ0n) is 14.8. The number of hydrazine groups is 1. The van der Waals surface area contributed by atoms with Crippen LogP contribution < -0.4 is 10.7 Å². The standard InChI is InChI=1S/C17H23ClN4O4/c1-11(2)15(17(24)20-21-8-4-3-5-9-21)19-16(23)12-6-7-13(18)14(10-12)22(25)26/h6-7,10-11,15H,3-5,8-9H2,1-2H3,(H,19,23)(H,20,24)/t15-/m0/s1. The first kappa shape index (κ1) is 20.1. The molecule has 0 aliphatic carbocycles. The van der Waals surface area contributed by atoms with Crippen LogP contribution in [0.2, 0.25) is 5.02 Å². The molecule has 0 radical (unpaired) electrons. The molecule has 1 fully saturated rings. The van der Waals surface area contributed by atoms with Gasteiger partial charge in [-0.05, 0) is 30.9 Å². The van der Waals surface area contributed by atoms with E-state index in [4.69, 9.17) is 11.6 Å². The van der Waals surface area contributed by atoms with Crippen molar-refractivity contribution in [2.24, 2.45) is 5.92 Å². The maximum Gasteiger partial charge on any atom is 0.288 e. The van der Waals surface area contributed by atoms with Gasteiger partial charge in [0.25, 0.3) is 17.5 Å². The van der Waals surface area contributed by atoms with Gasteiger partial charge in [0.05, 0.1) is 4.92 Å². The number of nitrogens with one attached hydrogen (secondary N) is 2. The van der Waals surface area contributed by atoms with E-state index in [2.05, 4.69) is 10.7 Å². The van der Waals surface area contributed by atoms with Gasteiger partial charge >= 0.3 is 0 Å². The Morgan fingerprint density at radius 2 is 1.88 bits per heavy atom. The normalized spacial score (nSPS) is 16.2. The van der Waals surface area contributed by atoms with E-state index in [1.165, 1.54) is 12.1 Å². The lowest BCUT2D eigenvalue weighted by Gasteiger charge is -2.30. The SMILES string of the molecule is CC(C)[C@H](NC(=O)c1ccc(Cl)c([N+](=O)[O-])c1)C(=O)NN1CCCCC1. The van der Waals surface area contributed by atoms with Gasteiger partial charge in [-0.25, -0.2) is 5.01 Å². The summed E-state index contributed by atoms with van der Waals surface area (Å²) in [7, 11) is 0. The molecule has 1 aliphatic rings. The van der Waals surface area contributed by atoms with Crippen LogP contribution in [0.5, 0.6) is 0 Å². The topological polar surface area (TPSA) is 105 Å². The van der Waals surface area contributed by atoms with E-state index in [0.29, 0.717) is 0 Å². The van der Waals surface area contributed by atoms with Crippen LogP contribution in [-0.2, 0) is 4.79 Å². The fourth-order valence-electron chi connectivity index (χ4n) is 2.78. The molecule has 1 aromatic rings. The highest BCUT2D eigenvalue weighted by atomic mass is 35.5. The van der Waals surface area contributed by atoms with Gasteiger partial charge in [0.15, 0.2) is 0 Å². The highest BCUT2D eigenvalue weighted by Crippen LogP contribution is 2.25. The lowest BCUT2D eigenvalue weighted by molar-refractivity contribution is -0.384.